The van der Waals surface area contributed by atoms with Gasteiger partial charge in [-0.1, -0.05) is 12.1 Å². The zero-order valence-electron chi connectivity index (χ0n) is 17.1. The second-order valence-electron chi connectivity index (χ2n) is 7.18. The van der Waals surface area contributed by atoms with E-state index in [2.05, 4.69) is 31.2 Å². The highest BCUT2D eigenvalue weighted by Crippen LogP contribution is 2.14. The van der Waals surface area contributed by atoms with Gasteiger partial charge >= 0.3 is 0 Å². The minimum atomic E-state index is 0.360. The molecule has 0 aliphatic carbocycles. The van der Waals surface area contributed by atoms with Gasteiger partial charge in [0.2, 0.25) is 0 Å². The summed E-state index contributed by atoms with van der Waals surface area (Å²) >= 11 is 0. The summed E-state index contributed by atoms with van der Waals surface area (Å²) < 4.78 is 11.0. The number of aromatic nitrogens is 2. The van der Waals surface area contributed by atoms with Crippen LogP contribution < -0.4 is 5.32 Å². The number of nitrogens with one attached hydrogen (secondary N) is 2. The van der Waals surface area contributed by atoms with E-state index in [-0.39, 0.29) is 0 Å². The van der Waals surface area contributed by atoms with Crippen molar-refractivity contribution in [2.24, 2.45) is 4.99 Å². The Labute approximate surface area is 167 Å². The minimum absolute atomic E-state index is 0.360. The summed E-state index contributed by atoms with van der Waals surface area (Å²) in [6.45, 7) is 4.41. The van der Waals surface area contributed by atoms with E-state index in [0.29, 0.717) is 6.10 Å². The number of benzene rings is 1. The molecule has 0 spiro atoms. The monoisotopic (exact) mass is 387 g/mol. The number of fused-ring (bicyclic) bond motifs is 1. The number of ether oxygens (including phenoxy) is 2. The molecule has 1 saturated heterocycles. The quantitative estimate of drug-likeness (QED) is 0.393. The van der Waals surface area contributed by atoms with Crippen LogP contribution in [-0.4, -0.2) is 73.9 Å². The maximum atomic E-state index is 5.94. The first kappa shape index (κ1) is 20.6. The van der Waals surface area contributed by atoms with Gasteiger partial charge in [-0.2, -0.15) is 0 Å². The standard InChI is InChI=1S/C21H33N5O2/c1-22-21(26-13-10-17(11-14-26)28-16-6-15-27-2)23-12-5-9-20-24-18-7-3-4-8-19(18)25-20/h3-4,7-8,17H,5-6,9-16H2,1-2H3,(H,22,23)(H,24,25). The lowest BCUT2D eigenvalue weighted by molar-refractivity contribution is 0.00991. The van der Waals surface area contributed by atoms with Crippen molar-refractivity contribution < 1.29 is 9.47 Å². The number of H-pyrrole nitrogens is 1. The third-order valence-corrected chi connectivity index (χ3v) is 5.11. The molecule has 3 rings (SSSR count). The molecule has 7 heteroatoms. The summed E-state index contributed by atoms with van der Waals surface area (Å²) in [5.74, 6) is 2.03. The number of hydrogen-bond donors (Lipinski definition) is 2. The molecule has 1 fully saturated rings. The number of hydrogen-bond acceptors (Lipinski definition) is 4. The average molecular weight is 388 g/mol. The van der Waals surface area contributed by atoms with E-state index in [1.165, 1.54) is 0 Å². The Hall–Kier alpha value is -2.12. The van der Waals surface area contributed by atoms with Crippen molar-refractivity contribution in [1.82, 2.24) is 20.2 Å². The van der Waals surface area contributed by atoms with Crippen molar-refractivity contribution in [3.8, 4) is 0 Å². The largest absolute Gasteiger partial charge is 0.385 e. The predicted octanol–water partition coefficient (Wildman–Crippen LogP) is 2.59. The van der Waals surface area contributed by atoms with Crippen LogP contribution in [0.2, 0.25) is 0 Å². The predicted molar refractivity (Wildman–Crippen MR) is 113 cm³/mol. The molecular formula is C21H33N5O2. The molecule has 0 atom stereocenters. The summed E-state index contributed by atoms with van der Waals surface area (Å²) in [5.41, 5.74) is 2.14. The molecule has 1 aromatic heterocycles. The SMILES string of the molecule is CN=C(NCCCc1nc2ccccc2[nH]1)N1CCC(OCCCOC)CC1. The number of aromatic amines is 1. The van der Waals surface area contributed by atoms with Crippen LogP contribution >= 0.6 is 0 Å². The van der Waals surface area contributed by atoms with E-state index in [1.807, 2.05) is 25.2 Å². The zero-order chi connectivity index (χ0) is 19.6. The number of likely N-dealkylation sites (tertiary alicyclic amines) is 1. The summed E-state index contributed by atoms with van der Waals surface area (Å²) in [7, 11) is 3.59. The second kappa shape index (κ2) is 11.0. The highest BCUT2D eigenvalue weighted by molar-refractivity contribution is 5.80. The Morgan fingerprint density at radius 2 is 2.07 bits per heavy atom. The molecule has 1 aromatic carbocycles. The van der Waals surface area contributed by atoms with E-state index >= 15 is 0 Å². The zero-order valence-corrected chi connectivity index (χ0v) is 17.1. The molecule has 0 radical (unpaired) electrons. The van der Waals surface area contributed by atoms with Gasteiger partial charge in [0.1, 0.15) is 5.82 Å². The lowest BCUT2D eigenvalue weighted by Gasteiger charge is -2.34. The van der Waals surface area contributed by atoms with Crippen molar-refractivity contribution in [2.75, 3.05) is 47.0 Å². The van der Waals surface area contributed by atoms with E-state index in [4.69, 9.17) is 9.47 Å². The fraction of sp³-hybridized carbons (Fsp3) is 0.619. The van der Waals surface area contributed by atoms with Crippen LogP contribution in [0.25, 0.3) is 11.0 Å². The molecule has 2 N–H and O–H groups in total. The van der Waals surface area contributed by atoms with Gasteiger partial charge in [-0.25, -0.2) is 4.98 Å². The number of piperidine rings is 1. The second-order valence-corrected chi connectivity index (χ2v) is 7.18. The van der Waals surface area contributed by atoms with Crippen LogP contribution in [0.5, 0.6) is 0 Å². The van der Waals surface area contributed by atoms with Crippen LogP contribution in [-0.2, 0) is 15.9 Å². The highest BCUT2D eigenvalue weighted by atomic mass is 16.5. The van der Waals surface area contributed by atoms with Gasteiger partial charge in [-0.15, -0.1) is 0 Å². The fourth-order valence-corrected chi connectivity index (χ4v) is 3.60. The molecule has 7 nitrogen and oxygen atoms in total. The van der Waals surface area contributed by atoms with E-state index < -0.39 is 0 Å². The van der Waals surface area contributed by atoms with Crippen LogP contribution in [0.1, 0.15) is 31.5 Å². The lowest BCUT2D eigenvalue weighted by atomic mass is 10.1. The molecule has 0 bridgehead atoms. The Kier molecular flexibility index (Phi) is 8.11. The Morgan fingerprint density at radius 1 is 1.25 bits per heavy atom. The van der Waals surface area contributed by atoms with Crippen LogP contribution in [0.4, 0.5) is 0 Å². The van der Waals surface area contributed by atoms with Gasteiger partial charge < -0.3 is 24.7 Å². The number of aliphatic imine (C=N–C) groups is 1. The summed E-state index contributed by atoms with van der Waals surface area (Å²) in [5, 5.41) is 3.49. The van der Waals surface area contributed by atoms with Crippen molar-refractivity contribution in [3.05, 3.63) is 30.1 Å². The van der Waals surface area contributed by atoms with E-state index in [9.17, 15) is 0 Å². The summed E-state index contributed by atoms with van der Waals surface area (Å²) in [4.78, 5) is 14.8. The Balaban J connectivity index is 1.34. The first-order valence-electron chi connectivity index (χ1n) is 10.3. The van der Waals surface area contributed by atoms with Crippen molar-refractivity contribution >= 4 is 17.0 Å². The number of aryl methyl sites for hydroxylation is 1. The molecule has 2 aromatic rings. The normalized spacial score (nSPS) is 16.1. The molecule has 0 amide bonds. The molecule has 1 aliphatic heterocycles. The van der Waals surface area contributed by atoms with Gasteiger partial charge in [0.05, 0.1) is 17.1 Å². The van der Waals surface area contributed by atoms with Gasteiger partial charge in [0.25, 0.3) is 0 Å². The first-order valence-corrected chi connectivity index (χ1v) is 10.3. The average Bonchev–Trinajstić information content (AvgIpc) is 3.15. The number of imidazole rings is 1. The third-order valence-electron chi connectivity index (χ3n) is 5.11. The van der Waals surface area contributed by atoms with Crippen molar-refractivity contribution in [2.45, 2.75) is 38.2 Å². The minimum Gasteiger partial charge on any atom is -0.385 e. The smallest absolute Gasteiger partial charge is 0.193 e. The molecule has 2 heterocycles. The van der Waals surface area contributed by atoms with Crippen LogP contribution in [0, 0.1) is 0 Å². The lowest BCUT2D eigenvalue weighted by Crippen LogP contribution is -2.47. The maximum Gasteiger partial charge on any atom is 0.193 e. The Bertz CT molecular complexity index is 704. The summed E-state index contributed by atoms with van der Waals surface area (Å²) in [6.07, 6.45) is 5.36. The van der Waals surface area contributed by atoms with Crippen LogP contribution in [0.15, 0.2) is 29.3 Å². The molecular weight excluding hydrogens is 354 g/mol. The van der Waals surface area contributed by atoms with E-state index in [1.54, 1.807) is 7.11 Å². The Morgan fingerprint density at radius 3 is 2.82 bits per heavy atom. The summed E-state index contributed by atoms with van der Waals surface area (Å²) in [6, 6.07) is 8.16. The van der Waals surface area contributed by atoms with Crippen molar-refractivity contribution in [1.29, 1.82) is 0 Å². The molecule has 1 aliphatic rings. The number of nitrogens with zero attached hydrogens (tertiary/aromatic N) is 3. The molecule has 154 valence electrons. The van der Waals surface area contributed by atoms with Gasteiger partial charge in [0, 0.05) is 53.4 Å². The van der Waals surface area contributed by atoms with Crippen LogP contribution in [0.3, 0.4) is 0 Å². The fourth-order valence-electron chi connectivity index (χ4n) is 3.60. The maximum absolute atomic E-state index is 5.94. The molecule has 28 heavy (non-hydrogen) atoms. The van der Waals surface area contributed by atoms with E-state index in [0.717, 1.165) is 87.8 Å². The number of guanidine groups is 1. The highest BCUT2D eigenvalue weighted by Gasteiger charge is 2.21. The number of rotatable bonds is 9. The first-order chi connectivity index (χ1) is 13.8. The third kappa shape index (κ3) is 5.94. The molecule has 0 unspecified atom stereocenters. The number of para-hydroxylation sites is 2. The van der Waals surface area contributed by atoms with Crippen molar-refractivity contribution in [3.63, 3.8) is 0 Å². The van der Waals surface area contributed by atoms with Gasteiger partial charge in [-0.05, 0) is 37.8 Å². The number of methoxy groups -OCH3 is 1. The van der Waals surface area contributed by atoms with Gasteiger partial charge in [-0.3, -0.25) is 4.99 Å². The van der Waals surface area contributed by atoms with Gasteiger partial charge in [0.15, 0.2) is 5.96 Å². The topological polar surface area (TPSA) is 74.8 Å². The molecule has 0 saturated carbocycles.